The van der Waals surface area contributed by atoms with Gasteiger partial charge in [0.25, 0.3) is 0 Å². The van der Waals surface area contributed by atoms with Crippen LogP contribution in [0.1, 0.15) is 5.56 Å². The molecule has 0 aliphatic carbocycles. The fourth-order valence-corrected chi connectivity index (χ4v) is 1.06. The van der Waals surface area contributed by atoms with Crippen LogP contribution in [0, 0.1) is 12.3 Å². The molecule has 1 atom stereocenters. The predicted molar refractivity (Wildman–Crippen MR) is 49.6 cm³/mol. The Bertz CT molecular complexity index is 334. The molecule has 1 heterocycles. The maximum absolute atomic E-state index is 5.48. The van der Waals surface area contributed by atoms with E-state index in [0.717, 1.165) is 17.9 Å². The van der Waals surface area contributed by atoms with Gasteiger partial charge in [0.05, 0.1) is 12.2 Å². The minimum Gasteiger partial charge on any atom is -0.489 e. The molecule has 0 aromatic heterocycles. The van der Waals surface area contributed by atoms with Gasteiger partial charge in [0, 0.05) is 0 Å². The molecule has 1 saturated heterocycles. The first kappa shape index (κ1) is 8.15. The number of benzene rings is 1. The summed E-state index contributed by atoms with van der Waals surface area (Å²) in [7, 11) is 0. The first-order valence-corrected chi connectivity index (χ1v) is 4.20. The topological polar surface area (TPSA) is 21.8 Å². The van der Waals surface area contributed by atoms with Crippen LogP contribution in [0.15, 0.2) is 24.3 Å². The summed E-state index contributed by atoms with van der Waals surface area (Å²) in [5, 5.41) is 0. The molecule has 1 aliphatic rings. The van der Waals surface area contributed by atoms with Gasteiger partial charge >= 0.3 is 0 Å². The van der Waals surface area contributed by atoms with E-state index in [0.29, 0.717) is 6.61 Å². The molecule has 2 rings (SSSR count). The highest BCUT2D eigenvalue weighted by Gasteiger charge is 2.23. The van der Waals surface area contributed by atoms with Gasteiger partial charge in [-0.1, -0.05) is 18.1 Å². The van der Waals surface area contributed by atoms with E-state index in [9.17, 15) is 0 Å². The second-order valence-corrected chi connectivity index (χ2v) is 2.91. The van der Waals surface area contributed by atoms with E-state index < -0.39 is 0 Å². The Morgan fingerprint density at radius 1 is 1.54 bits per heavy atom. The van der Waals surface area contributed by atoms with E-state index in [-0.39, 0.29) is 6.10 Å². The lowest BCUT2D eigenvalue weighted by atomic mass is 10.2. The minimum absolute atomic E-state index is 0.269. The number of ether oxygens (including phenoxy) is 2. The van der Waals surface area contributed by atoms with Crippen molar-refractivity contribution in [2.75, 3.05) is 13.2 Å². The zero-order valence-electron chi connectivity index (χ0n) is 7.19. The van der Waals surface area contributed by atoms with E-state index in [2.05, 4.69) is 5.92 Å². The molecule has 1 aromatic rings. The number of hydrogen-bond donors (Lipinski definition) is 0. The van der Waals surface area contributed by atoms with Gasteiger partial charge in [-0.05, 0) is 12.1 Å². The van der Waals surface area contributed by atoms with Crippen molar-refractivity contribution in [1.82, 2.24) is 0 Å². The molecule has 0 bridgehead atoms. The molecule has 0 N–H and O–H groups in total. The second-order valence-electron chi connectivity index (χ2n) is 2.91. The summed E-state index contributed by atoms with van der Waals surface area (Å²) in [4.78, 5) is 0. The van der Waals surface area contributed by atoms with Crippen molar-refractivity contribution >= 4 is 0 Å². The smallest absolute Gasteiger partial charge is 0.135 e. The number of rotatable bonds is 3. The van der Waals surface area contributed by atoms with E-state index in [1.807, 2.05) is 24.3 Å². The van der Waals surface area contributed by atoms with Gasteiger partial charge in [-0.25, -0.2) is 0 Å². The summed E-state index contributed by atoms with van der Waals surface area (Å²) in [6.07, 6.45) is 5.58. The van der Waals surface area contributed by atoms with E-state index in [1.165, 1.54) is 0 Å². The molecule has 0 amide bonds. The highest BCUT2D eigenvalue weighted by atomic mass is 16.6. The molecule has 0 spiro atoms. The van der Waals surface area contributed by atoms with Crippen LogP contribution in [-0.2, 0) is 4.74 Å². The first-order valence-electron chi connectivity index (χ1n) is 4.20. The van der Waals surface area contributed by atoms with Gasteiger partial charge < -0.3 is 9.47 Å². The van der Waals surface area contributed by atoms with Crippen molar-refractivity contribution in [2.45, 2.75) is 6.10 Å². The minimum atomic E-state index is 0.269. The standard InChI is InChI=1S/C11H10O2/c1-2-9-5-3-4-6-11(9)13-8-10-7-12-10/h1,3-6,10H,7-8H2. The molecule has 1 aromatic carbocycles. The second kappa shape index (κ2) is 3.51. The van der Waals surface area contributed by atoms with E-state index >= 15 is 0 Å². The Balaban J connectivity index is 2.05. The maximum Gasteiger partial charge on any atom is 0.135 e. The number of hydrogen-bond acceptors (Lipinski definition) is 2. The Kier molecular flexibility index (Phi) is 2.20. The average Bonchev–Trinajstić information content (AvgIpc) is 2.99. The zero-order chi connectivity index (χ0) is 9.10. The normalized spacial score (nSPS) is 19.2. The monoisotopic (exact) mass is 174 g/mol. The summed E-state index contributed by atoms with van der Waals surface area (Å²) in [5.41, 5.74) is 0.795. The molecular formula is C11H10O2. The molecule has 2 heteroatoms. The Morgan fingerprint density at radius 2 is 2.31 bits per heavy atom. The first-order chi connectivity index (χ1) is 6.40. The molecular weight excluding hydrogens is 164 g/mol. The Labute approximate surface area is 77.5 Å². The third kappa shape index (κ3) is 2.01. The van der Waals surface area contributed by atoms with Crippen molar-refractivity contribution in [3.63, 3.8) is 0 Å². The molecule has 13 heavy (non-hydrogen) atoms. The van der Waals surface area contributed by atoms with E-state index in [1.54, 1.807) is 0 Å². The summed E-state index contributed by atoms with van der Waals surface area (Å²) in [6, 6.07) is 7.54. The quantitative estimate of drug-likeness (QED) is 0.511. The highest BCUT2D eigenvalue weighted by molar-refractivity contribution is 5.44. The van der Waals surface area contributed by atoms with Gasteiger partial charge in [-0.2, -0.15) is 0 Å². The summed E-state index contributed by atoms with van der Waals surface area (Å²) < 4.78 is 10.5. The van der Waals surface area contributed by atoms with Crippen LogP contribution < -0.4 is 4.74 Å². The predicted octanol–water partition coefficient (Wildman–Crippen LogP) is 1.45. The number of para-hydroxylation sites is 1. The van der Waals surface area contributed by atoms with Gasteiger partial charge in [0.15, 0.2) is 0 Å². The van der Waals surface area contributed by atoms with E-state index in [4.69, 9.17) is 15.9 Å². The summed E-state index contributed by atoms with van der Waals surface area (Å²) >= 11 is 0. The average molecular weight is 174 g/mol. The molecule has 1 aliphatic heterocycles. The molecule has 0 saturated carbocycles. The molecule has 1 unspecified atom stereocenters. The third-order valence-electron chi connectivity index (χ3n) is 1.87. The van der Waals surface area contributed by atoms with Gasteiger partial charge in [0.2, 0.25) is 0 Å². The van der Waals surface area contributed by atoms with Crippen LogP contribution in [0.3, 0.4) is 0 Å². The van der Waals surface area contributed by atoms with Crippen LogP contribution in [0.25, 0.3) is 0 Å². The lowest BCUT2D eigenvalue weighted by Crippen LogP contribution is -2.04. The van der Waals surface area contributed by atoms with Crippen molar-refractivity contribution in [3.05, 3.63) is 29.8 Å². The van der Waals surface area contributed by atoms with Crippen molar-refractivity contribution in [1.29, 1.82) is 0 Å². The maximum atomic E-state index is 5.48. The van der Waals surface area contributed by atoms with Gasteiger partial charge in [-0.3, -0.25) is 0 Å². The number of epoxide rings is 1. The summed E-state index contributed by atoms with van der Waals surface area (Å²) in [5.74, 6) is 3.34. The SMILES string of the molecule is C#Cc1ccccc1OCC1CO1. The molecule has 66 valence electrons. The van der Waals surface area contributed by atoms with Crippen molar-refractivity contribution in [2.24, 2.45) is 0 Å². The van der Waals surface area contributed by atoms with Crippen molar-refractivity contribution < 1.29 is 9.47 Å². The fraction of sp³-hybridized carbons (Fsp3) is 0.273. The lowest BCUT2D eigenvalue weighted by Gasteiger charge is -2.05. The fourth-order valence-electron chi connectivity index (χ4n) is 1.06. The van der Waals surface area contributed by atoms with Gasteiger partial charge in [0.1, 0.15) is 18.5 Å². The number of terminal acetylenes is 1. The molecule has 1 fully saturated rings. The lowest BCUT2D eigenvalue weighted by molar-refractivity contribution is 0.262. The Hall–Kier alpha value is -1.46. The third-order valence-corrected chi connectivity index (χ3v) is 1.87. The Morgan fingerprint density at radius 3 is 3.00 bits per heavy atom. The van der Waals surface area contributed by atoms with Crippen LogP contribution in [0.5, 0.6) is 5.75 Å². The van der Waals surface area contributed by atoms with Gasteiger partial charge in [-0.15, -0.1) is 6.42 Å². The van der Waals surface area contributed by atoms with Crippen LogP contribution in [-0.4, -0.2) is 19.3 Å². The van der Waals surface area contributed by atoms with Crippen LogP contribution in [0.4, 0.5) is 0 Å². The summed E-state index contributed by atoms with van der Waals surface area (Å²) in [6.45, 7) is 1.40. The zero-order valence-corrected chi connectivity index (χ0v) is 7.19. The van der Waals surface area contributed by atoms with Crippen LogP contribution >= 0.6 is 0 Å². The van der Waals surface area contributed by atoms with Crippen LogP contribution in [0.2, 0.25) is 0 Å². The largest absolute Gasteiger partial charge is 0.489 e. The van der Waals surface area contributed by atoms with Crippen molar-refractivity contribution in [3.8, 4) is 18.1 Å². The molecule has 0 radical (unpaired) electrons. The molecule has 2 nitrogen and oxygen atoms in total. The highest BCUT2D eigenvalue weighted by Crippen LogP contribution is 2.18.